The molecule has 1 fully saturated rings. The van der Waals surface area contributed by atoms with E-state index in [2.05, 4.69) is 28.1 Å². The largest absolute Gasteiger partial charge is 0.299 e. The van der Waals surface area contributed by atoms with Crippen LogP contribution >= 0.6 is 27.7 Å². The van der Waals surface area contributed by atoms with Gasteiger partial charge in [0.05, 0.1) is 0 Å². The smallest absolute Gasteiger partial charge is 0.136 e. The van der Waals surface area contributed by atoms with E-state index >= 15 is 0 Å². The Kier molecular flexibility index (Phi) is 4.47. The minimum Gasteiger partial charge on any atom is -0.299 e. The van der Waals surface area contributed by atoms with Crippen molar-refractivity contribution in [1.29, 1.82) is 0 Å². The van der Waals surface area contributed by atoms with E-state index in [0.29, 0.717) is 11.7 Å². The molecular weight excluding hydrogens is 284 g/mol. The van der Waals surface area contributed by atoms with Crippen molar-refractivity contribution in [2.45, 2.75) is 30.6 Å². The lowest BCUT2D eigenvalue weighted by atomic mass is 10.1. The van der Waals surface area contributed by atoms with Crippen molar-refractivity contribution in [3.8, 4) is 0 Å². The Labute approximate surface area is 109 Å². The number of benzene rings is 1. The SMILES string of the molecule is O=C1CCCC1CCSc1ccccc1Br. The van der Waals surface area contributed by atoms with Crippen LogP contribution < -0.4 is 0 Å². The molecule has 0 bridgehead atoms. The molecule has 1 nitrogen and oxygen atoms in total. The van der Waals surface area contributed by atoms with Crippen molar-refractivity contribution in [3.05, 3.63) is 28.7 Å². The zero-order valence-corrected chi connectivity index (χ0v) is 11.5. The van der Waals surface area contributed by atoms with Gasteiger partial charge in [-0.3, -0.25) is 4.79 Å². The Morgan fingerprint density at radius 2 is 2.19 bits per heavy atom. The van der Waals surface area contributed by atoms with E-state index < -0.39 is 0 Å². The van der Waals surface area contributed by atoms with Crippen LogP contribution in [0, 0.1) is 5.92 Å². The molecule has 0 aromatic heterocycles. The third-order valence-electron chi connectivity index (χ3n) is 2.99. The molecule has 86 valence electrons. The van der Waals surface area contributed by atoms with Gasteiger partial charge in [-0.15, -0.1) is 11.8 Å². The topological polar surface area (TPSA) is 17.1 Å². The van der Waals surface area contributed by atoms with Crippen LogP contribution in [0.1, 0.15) is 25.7 Å². The molecule has 0 aliphatic heterocycles. The first kappa shape index (κ1) is 12.2. The molecule has 0 N–H and O–H groups in total. The fraction of sp³-hybridized carbons (Fsp3) is 0.462. The van der Waals surface area contributed by atoms with Crippen molar-refractivity contribution in [2.75, 3.05) is 5.75 Å². The van der Waals surface area contributed by atoms with Gasteiger partial charge >= 0.3 is 0 Å². The summed E-state index contributed by atoms with van der Waals surface area (Å²) in [5.74, 6) is 1.86. The molecule has 0 saturated heterocycles. The molecule has 1 atom stereocenters. The maximum atomic E-state index is 11.5. The lowest BCUT2D eigenvalue weighted by Crippen LogP contribution is -2.06. The van der Waals surface area contributed by atoms with Crippen LogP contribution in [0.4, 0.5) is 0 Å². The predicted molar refractivity (Wildman–Crippen MR) is 71.8 cm³/mol. The zero-order valence-electron chi connectivity index (χ0n) is 9.12. The number of carbonyl (C=O) groups excluding carboxylic acids is 1. The number of carbonyl (C=O) groups is 1. The van der Waals surface area contributed by atoms with Crippen molar-refractivity contribution < 1.29 is 4.79 Å². The Morgan fingerprint density at radius 1 is 1.38 bits per heavy atom. The number of halogens is 1. The van der Waals surface area contributed by atoms with Crippen molar-refractivity contribution in [2.24, 2.45) is 5.92 Å². The summed E-state index contributed by atoms with van der Waals surface area (Å²) in [5, 5.41) is 0. The molecule has 16 heavy (non-hydrogen) atoms. The third-order valence-corrected chi connectivity index (χ3v) is 5.05. The van der Waals surface area contributed by atoms with E-state index in [9.17, 15) is 4.79 Å². The standard InChI is InChI=1S/C13H15BrOS/c14-11-5-1-2-7-13(11)16-9-8-10-4-3-6-12(10)15/h1-2,5,7,10H,3-4,6,8-9H2. The van der Waals surface area contributed by atoms with Crippen LogP contribution in [-0.4, -0.2) is 11.5 Å². The minimum atomic E-state index is 0.343. The summed E-state index contributed by atoms with van der Waals surface area (Å²) >= 11 is 5.37. The maximum absolute atomic E-state index is 11.5. The van der Waals surface area contributed by atoms with Crippen LogP contribution in [0.15, 0.2) is 33.6 Å². The highest BCUT2D eigenvalue weighted by Crippen LogP contribution is 2.31. The summed E-state index contributed by atoms with van der Waals surface area (Å²) in [6.07, 6.45) is 4.05. The second-order valence-electron chi connectivity index (χ2n) is 4.12. The summed E-state index contributed by atoms with van der Waals surface area (Å²) in [6, 6.07) is 8.25. The maximum Gasteiger partial charge on any atom is 0.136 e. The molecule has 0 amide bonds. The van der Waals surface area contributed by atoms with E-state index in [1.807, 2.05) is 23.9 Å². The van der Waals surface area contributed by atoms with Crippen LogP contribution in [0.5, 0.6) is 0 Å². The number of hydrogen-bond donors (Lipinski definition) is 0. The molecule has 1 aliphatic rings. The van der Waals surface area contributed by atoms with Gasteiger partial charge in [0, 0.05) is 21.7 Å². The fourth-order valence-electron chi connectivity index (χ4n) is 2.07. The number of thioether (sulfide) groups is 1. The van der Waals surface area contributed by atoms with E-state index in [1.165, 1.54) is 4.90 Å². The van der Waals surface area contributed by atoms with Crippen LogP contribution in [0.25, 0.3) is 0 Å². The predicted octanol–water partition coefficient (Wildman–Crippen LogP) is 4.30. The molecule has 1 unspecified atom stereocenters. The van der Waals surface area contributed by atoms with Crippen molar-refractivity contribution >= 4 is 33.5 Å². The number of hydrogen-bond acceptors (Lipinski definition) is 2. The van der Waals surface area contributed by atoms with Gasteiger partial charge in [-0.25, -0.2) is 0 Å². The van der Waals surface area contributed by atoms with Gasteiger partial charge in [-0.05, 0) is 53.1 Å². The van der Waals surface area contributed by atoms with Crippen molar-refractivity contribution in [3.63, 3.8) is 0 Å². The Hall–Kier alpha value is -0.280. The van der Waals surface area contributed by atoms with Crippen LogP contribution in [0.3, 0.4) is 0 Å². The number of Topliss-reactive ketones (excluding diaryl/α,β-unsaturated/α-hetero) is 1. The monoisotopic (exact) mass is 298 g/mol. The van der Waals surface area contributed by atoms with E-state index in [-0.39, 0.29) is 0 Å². The molecule has 3 heteroatoms. The van der Waals surface area contributed by atoms with Crippen molar-refractivity contribution in [1.82, 2.24) is 0 Å². The molecule has 0 heterocycles. The summed E-state index contributed by atoms with van der Waals surface area (Å²) in [4.78, 5) is 12.7. The first-order valence-corrected chi connectivity index (χ1v) is 7.45. The first-order chi connectivity index (χ1) is 7.77. The zero-order chi connectivity index (χ0) is 11.4. The lowest BCUT2D eigenvalue weighted by Gasteiger charge is -2.08. The molecule has 0 spiro atoms. The Morgan fingerprint density at radius 3 is 2.88 bits per heavy atom. The molecule has 1 saturated carbocycles. The van der Waals surface area contributed by atoms with Gasteiger partial charge in [0.1, 0.15) is 5.78 Å². The third kappa shape index (κ3) is 3.11. The summed E-state index contributed by atoms with van der Waals surface area (Å²) < 4.78 is 1.15. The minimum absolute atomic E-state index is 0.343. The highest BCUT2D eigenvalue weighted by Gasteiger charge is 2.23. The van der Waals surface area contributed by atoms with Crippen LogP contribution in [-0.2, 0) is 4.79 Å². The molecule has 0 radical (unpaired) electrons. The summed E-state index contributed by atoms with van der Waals surface area (Å²) in [7, 11) is 0. The van der Waals surface area contributed by atoms with Gasteiger partial charge in [0.25, 0.3) is 0 Å². The molecule has 2 rings (SSSR count). The van der Waals surface area contributed by atoms with Gasteiger partial charge < -0.3 is 0 Å². The Balaban J connectivity index is 1.80. The summed E-state index contributed by atoms with van der Waals surface area (Å²) in [6.45, 7) is 0. The highest BCUT2D eigenvalue weighted by atomic mass is 79.9. The van der Waals surface area contributed by atoms with Gasteiger partial charge in [0.15, 0.2) is 0 Å². The summed E-state index contributed by atoms with van der Waals surface area (Å²) in [5.41, 5.74) is 0. The average molecular weight is 299 g/mol. The van der Waals surface area contributed by atoms with E-state index in [1.54, 1.807) is 0 Å². The van der Waals surface area contributed by atoms with Crippen LogP contribution in [0.2, 0.25) is 0 Å². The second kappa shape index (κ2) is 5.87. The first-order valence-electron chi connectivity index (χ1n) is 5.67. The number of rotatable bonds is 4. The lowest BCUT2D eigenvalue weighted by molar-refractivity contribution is -0.120. The van der Waals surface area contributed by atoms with Gasteiger partial charge in [-0.2, -0.15) is 0 Å². The number of ketones is 1. The molecule has 1 aliphatic carbocycles. The van der Waals surface area contributed by atoms with Gasteiger partial charge in [-0.1, -0.05) is 12.1 Å². The van der Waals surface area contributed by atoms with E-state index in [0.717, 1.165) is 35.9 Å². The van der Waals surface area contributed by atoms with Gasteiger partial charge in [0.2, 0.25) is 0 Å². The normalized spacial score (nSPS) is 20.3. The second-order valence-corrected chi connectivity index (χ2v) is 6.11. The quantitative estimate of drug-likeness (QED) is 0.771. The Bertz CT molecular complexity index is 378. The molecule has 1 aromatic carbocycles. The highest BCUT2D eigenvalue weighted by molar-refractivity contribution is 9.10. The fourth-order valence-corrected chi connectivity index (χ4v) is 3.70. The van der Waals surface area contributed by atoms with E-state index in [4.69, 9.17) is 0 Å². The molecule has 1 aromatic rings. The average Bonchev–Trinajstić information content (AvgIpc) is 2.67. The molecular formula is C13H15BrOS.